The summed E-state index contributed by atoms with van der Waals surface area (Å²) in [5, 5.41) is 23.3. The van der Waals surface area contributed by atoms with Crippen LogP contribution >= 0.6 is 0 Å². The summed E-state index contributed by atoms with van der Waals surface area (Å²) >= 11 is 0. The maximum atomic E-state index is 13.0. The molecule has 0 spiro atoms. The third-order valence-corrected chi connectivity index (χ3v) is 4.44. The average Bonchev–Trinajstić information content (AvgIpc) is 3.10. The number of non-ortho nitro benzene ring substituents is 1. The van der Waals surface area contributed by atoms with Gasteiger partial charge in [-0.1, -0.05) is 12.1 Å². The van der Waals surface area contributed by atoms with Gasteiger partial charge in [0.05, 0.1) is 27.6 Å². The molecule has 4 aromatic rings. The number of hydrogen-bond acceptors (Lipinski definition) is 7. The van der Waals surface area contributed by atoms with Crippen LogP contribution in [-0.2, 0) is 0 Å². The van der Waals surface area contributed by atoms with Crippen LogP contribution in [0.3, 0.4) is 0 Å². The number of nitriles is 1. The third kappa shape index (κ3) is 3.72. The molecule has 2 aromatic carbocycles. The Kier molecular flexibility index (Phi) is 4.92. The molecule has 0 aliphatic rings. The summed E-state index contributed by atoms with van der Waals surface area (Å²) in [6.07, 6.45) is 1.28. The second kappa shape index (κ2) is 7.72. The van der Waals surface area contributed by atoms with E-state index in [-0.39, 0.29) is 34.5 Å². The highest BCUT2D eigenvalue weighted by Crippen LogP contribution is 2.27. The van der Waals surface area contributed by atoms with Crippen molar-refractivity contribution >= 4 is 34.2 Å². The molecule has 10 nitrogen and oxygen atoms in total. The summed E-state index contributed by atoms with van der Waals surface area (Å²) in [4.78, 5) is 32.3. The lowest BCUT2D eigenvalue weighted by molar-refractivity contribution is -0.384. The molecule has 0 saturated heterocycles. The fourth-order valence-corrected chi connectivity index (χ4v) is 3.11. The van der Waals surface area contributed by atoms with E-state index in [1.165, 1.54) is 18.3 Å². The number of imidazole rings is 1. The van der Waals surface area contributed by atoms with Gasteiger partial charge < -0.3 is 10.1 Å². The molecule has 0 atom stereocenters. The molecule has 2 heterocycles. The summed E-state index contributed by atoms with van der Waals surface area (Å²) in [5.41, 5.74) is 1.27. The fraction of sp³-hybridized carbons (Fsp3) is 0.143. The van der Waals surface area contributed by atoms with Crippen molar-refractivity contribution in [2.24, 2.45) is 0 Å². The second-order valence-corrected chi connectivity index (χ2v) is 6.94. The number of carbonyl (C=O) groups excluding carboxylic acids is 1. The number of carbonyl (C=O) groups is 1. The van der Waals surface area contributed by atoms with Gasteiger partial charge in [-0.05, 0) is 32.0 Å². The number of nitro groups is 1. The number of nitro benzene ring substituents is 1. The third-order valence-electron chi connectivity index (χ3n) is 4.44. The van der Waals surface area contributed by atoms with Crippen molar-refractivity contribution in [2.45, 2.75) is 20.0 Å². The molecule has 0 aliphatic heterocycles. The van der Waals surface area contributed by atoms with E-state index in [4.69, 9.17) is 4.74 Å². The number of aromatic nitrogens is 3. The smallest absolute Gasteiger partial charge is 0.270 e. The van der Waals surface area contributed by atoms with Gasteiger partial charge >= 0.3 is 0 Å². The number of nitrogens with zero attached hydrogens (tertiary/aromatic N) is 5. The Bertz CT molecular complexity index is 1390. The van der Waals surface area contributed by atoms with Gasteiger partial charge in [0.1, 0.15) is 17.4 Å². The van der Waals surface area contributed by atoms with Crippen LogP contribution in [0.4, 0.5) is 11.5 Å². The summed E-state index contributed by atoms with van der Waals surface area (Å²) in [7, 11) is 0. The van der Waals surface area contributed by atoms with Gasteiger partial charge in [-0.3, -0.25) is 19.3 Å². The van der Waals surface area contributed by atoms with Gasteiger partial charge in [-0.2, -0.15) is 10.2 Å². The van der Waals surface area contributed by atoms with Crippen LogP contribution in [0.25, 0.3) is 16.8 Å². The van der Waals surface area contributed by atoms with E-state index in [2.05, 4.69) is 15.3 Å². The van der Waals surface area contributed by atoms with E-state index >= 15 is 0 Å². The molecule has 0 unspecified atom stereocenters. The van der Waals surface area contributed by atoms with Gasteiger partial charge in [-0.25, -0.2) is 4.98 Å². The molecule has 31 heavy (non-hydrogen) atoms. The summed E-state index contributed by atoms with van der Waals surface area (Å²) in [5.74, 6) is -0.210. The number of amides is 1. The predicted octanol–water partition coefficient (Wildman–Crippen LogP) is 3.70. The van der Waals surface area contributed by atoms with Crippen molar-refractivity contribution in [3.63, 3.8) is 0 Å². The molecule has 1 N–H and O–H groups in total. The first-order valence-electron chi connectivity index (χ1n) is 9.31. The van der Waals surface area contributed by atoms with Gasteiger partial charge in [0, 0.05) is 18.3 Å². The largest absolute Gasteiger partial charge is 0.490 e. The van der Waals surface area contributed by atoms with E-state index in [0.717, 1.165) is 11.6 Å². The minimum atomic E-state index is -0.691. The van der Waals surface area contributed by atoms with Gasteiger partial charge in [-0.15, -0.1) is 0 Å². The Labute approximate surface area is 175 Å². The van der Waals surface area contributed by atoms with Crippen LogP contribution < -0.4 is 10.1 Å². The molecule has 10 heteroatoms. The fourth-order valence-electron chi connectivity index (χ4n) is 3.11. The second-order valence-electron chi connectivity index (χ2n) is 6.94. The lowest BCUT2D eigenvalue weighted by atomic mass is 10.1. The number of rotatable bonds is 5. The lowest BCUT2D eigenvalue weighted by Crippen LogP contribution is -2.18. The molecule has 0 bridgehead atoms. The van der Waals surface area contributed by atoms with Crippen molar-refractivity contribution in [1.29, 1.82) is 5.26 Å². The normalized spacial score (nSPS) is 10.9. The van der Waals surface area contributed by atoms with Crippen LogP contribution in [0.1, 0.15) is 29.8 Å². The highest BCUT2D eigenvalue weighted by atomic mass is 16.6. The summed E-state index contributed by atoms with van der Waals surface area (Å²) in [6, 6.07) is 13.1. The number of anilines is 1. The van der Waals surface area contributed by atoms with Crippen molar-refractivity contribution in [3.8, 4) is 11.8 Å². The zero-order valence-electron chi connectivity index (χ0n) is 16.6. The molecule has 0 fully saturated rings. The minimum Gasteiger partial charge on any atom is -0.490 e. The van der Waals surface area contributed by atoms with Crippen LogP contribution in [-0.4, -0.2) is 31.3 Å². The monoisotopic (exact) mass is 416 g/mol. The molecule has 0 aliphatic carbocycles. The Hall–Kier alpha value is -4.52. The number of nitrogens with one attached hydrogen (secondary N) is 1. The molecular weight excluding hydrogens is 400 g/mol. The maximum Gasteiger partial charge on any atom is 0.270 e. The van der Waals surface area contributed by atoms with E-state index in [9.17, 15) is 20.2 Å². The molecular formula is C21H16N6O4. The Morgan fingerprint density at radius 3 is 2.74 bits per heavy atom. The number of hydrogen-bond donors (Lipinski definition) is 1. The van der Waals surface area contributed by atoms with Crippen LogP contribution in [0.15, 0.2) is 48.7 Å². The zero-order chi connectivity index (χ0) is 22.1. The van der Waals surface area contributed by atoms with Crippen molar-refractivity contribution in [1.82, 2.24) is 14.4 Å². The van der Waals surface area contributed by atoms with Crippen molar-refractivity contribution in [3.05, 3.63) is 69.9 Å². The van der Waals surface area contributed by atoms with E-state index < -0.39 is 10.8 Å². The first kappa shape index (κ1) is 19.8. The molecule has 2 aromatic heterocycles. The molecule has 154 valence electrons. The van der Waals surface area contributed by atoms with Crippen molar-refractivity contribution < 1.29 is 14.5 Å². The maximum absolute atomic E-state index is 13.0. The van der Waals surface area contributed by atoms with E-state index in [0.29, 0.717) is 11.3 Å². The number of benzene rings is 2. The van der Waals surface area contributed by atoms with Crippen molar-refractivity contribution in [2.75, 3.05) is 5.32 Å². The zero-order valence-corrected chi connectivity index (χ0v) is 16.6. The standard InChI is InChI=1S/C21H16N6O4/c1-12(2)31-18-8-7-14(27(29)30)9-15(18)20(28)24-19-13(10-22)11-26-17-6-4-3-5-16(17)23-21(26)25-19/h3-9,11-12H,1-2H3,(H,23,24,25,28). The molecule has 0 radical (unpaired) electrons. The summed E-state index contributed by atoms with van der Waals surface area (Å²) < 4.78 is 7.28. The van der Waals surface area contributed by atoms with Gasteiger partial charge in [0.25, 0.3) is 11.6 Å². The highest BCUT2D eigenvalue weighted by molar-refractivity contribution is 6.06. The topological polar surface area (TPSA) is 135 Å². The van der Waals surface area contributed by atoms with Gasteiger partial charge in [0.15, 0.2) is 5.82 Å². The minimum absolute atomic E-state index is 0.00249. The number of para-hydroxylation sites is 2. The molecule has 1 amide bonds. The predicted molar refractivity (Wildman–Crippen MR) is 112 cm³/mol. The highest BCUT2D eigenvalue weighted by Gasteiger charge is 2.21. The van der Waals surface area contributed by atoms with E-state index in [1.54, 1.807) is 18.2 Å². The van der Waals surface area contributed by atoms with Crippen LogP contribution in [0, 0.1) is 21.4 Å². The Balaban J connectivity index is 1.77. The first-order valence-corrected chi connectivity index (χ1v) is 9.31. The summed E-state index contributed by atoms with van der Waals surface area (Å²) in [6.45, 7) is 3.55. The lowest BCUT2D eigenvalue weighted by Gasteiger charge is -2.14. The quantitative estimate of drug-likeness (QED) is 0.387. The number of ether oxygens (including phenoxy) is 1. The Morgan fingerprint density at radius 2 is 2.03 bits per heavy atom. The molecule has 4 rings (SSSR count). The first-order chi connectivity index (χ1) is 14.9. The number of fused-ring (bicyclic) bond motifs is 3. The Morgan fingerprint density at radius 1 is 1.26 bits per heavy atom. The van der Waals surface area contributed by atoms with Crippen LogP contribution in [0.2, 0.25) is 0 Å². The van der Waals surface area contributed by atoms with Crippen LogP contribution in [0.5, 0.6) is 5.75 Å². The van der Waals surface area contributed by atoms with Gasteiger partial charge in [0.2, 0.25) is 5.78 Å². The SMILES string of the molecule is CC(C)Oc1ccc([N+](=O)[O-])cc1C(=O)Nc1nc2nc3ccccc3n2cc1C#N. The van der Waals surface area contributed by atoms with E-state index in [1.807, 2.05) is 30.3 Å². The molecule has 0 saturated carbocycles. The average molecular weight is 416 g/mol.